The molecule has 0 heterocycles. The quantitative estimate of drug-likeness (QED) is 0.791. The van der Waals surface area contributed by atoms with Gasteiger partial charge in [0.1, 0.15) is 0 Å². The number of nitrogens with one attached hydrogen (secondary N) is 2. The molecule has 126 valence electrons. The maximum atomic E-state index is 13.4. The van der Waals surface area contributed by atoms with E-state index in [1.54, 1.807) is 6.07 Å². The predicted molar refractivity (Wildman–Crippen MR) is 84.0 cm³/mol. The molecule has 1 saturated carbocycles. The molecular formula is C17H23FN2O3. The SMILES string of the molecule is C[C@@H](Oc1ccccc1F)C(=O)NNC(=O)CCC1CCCC1. The van der Waals surface area contributed by atoms with E-state index in [9.17, 15) is 14.0 Å². The Balaban J connectivity index is 1.68. The molecule has 1 aliphatic rings. The van der Waals surface area contributed by atoms with Crippen LogP contribution in [0.25, 0.3) is 0 Å². The molecule has 2 amide bonds. The third-order valence-electron chi connectivity index (χ3n) is 4.09. The molecule has 1 atom stereocenters. The van der Waals surface area contributed by atoms with Crippen molar-refractivity contribution in [3.05, 3.63) is 30.1 Å². The molecule has 23 heavy (non-hydrogen) atoms. The van der Waals surface area contributed by atoms with E-state index in [1.807, 2.05) is 0 Å². The molecule has 0 bridgehead atoms. The highest BCUT2D eigenvalue weighted by Gasteiger charge is 2.18. The van der Waals surface area contributed by atoms with E-state index in [1.165, 1.54) is 50.8 Å². The standard InChI is InChI=1S/C17H23FN2O3/c1-12(23-15-9-5-4-8-14(15)18)17(22)20-19-16(21)11-10-13-6-2-3-7-13/h4-5,8-9,12-13H,2-3,6-7,10-11H2,1H3,(H,19,21)(H,20,22)/t12-/m1/s1. The van der Waals surface area contributed by atoms with Crippen LogP contribution in [0.2, 0.25) is 0 Å². The maximum absolute atomic E-state index is 13.4. The Morgan fingerprint density at radius 1 is 1.26 bits per heavy atom. The molecule has 6 heteroatoms. The summed E-state index contributed by atoms with van der Waals surface area (Å²) in [5.41, 5.74) is 4.69. The first-order valence-electron chi connectivity index (χ1n) is 8.06. The minimum atomic E-state index is -0.915. The number of para-hydroxylation sites is 1. The molecule has 2 N–H and O–H groups in total. The van der Waals surface area contributed by atoms with Gasteiger partial charge in [-0.3, -0.25) is 20.4 Å². The Morgan fingerprint density at radius 3 is 2.65 bits per heavy atom. The summed E-state index contributed by atoms with van der Waals surface area (Å²) < 4.78 is 18.7. The number of hydrogen-bond acceptors (Lipinski definition) is 3. The van der Waals surface area contributed by atoms with Gasteiger partial charge in [-0.2, -0.15) is 0 Å². The normalized spacial score (nSPS) is 15.9. The molecule has 1 aromatic rings. The van der Waals surface area contributed by atoms with Crippen LogP contribution < -0.4 is 15.6 Å². The van der Waals surface area contributed by atoms with E-state index >= 15 is 0 Å². The average Bonchev–Trinajstić information content (AvgIpc) is 3.06. The summed E-state index contributed by atoms with van der Waals surface area (Å²) in [5, 5.41) is 0. The number of carbonyl (C=O) groups is 2. The van der Waals surface area contributed by atoms with Crippen LogP contribution in [0.1, 0.15) is 45.4 Å². The first kappa shape index (κ1) is 17.2. The van der Waals surface area contributed by atoms with Gasteiger partial charge in [0.05, 0.1) is 0 Å². The zero-order valence-electron chi connectivity index (χ0n) is 13.3. The van der Waals surface area contributed by atoms with Gasteiger partial charge >= 0.3 is 0 Å². The smallest absolute Gasteiger partial charge is 0.279 e. The Hall–Kier alpha value is -2.11. The van der Waals surface area contributed by atoms with E-state index in [0.717, 1.165) is 6.42 Å². The van der Waals surface area contributed by atoms with E-state index in [2.05, 4.69) is 10.9 Å². The lowest BCUT2D eigenvalue weighted by Crippen LogP contribution is -2.47. The third-order valence-corrected chi connectivity index (χ3v) is 4.09. The van der Waals surface area contributed by atoms with E-state index in [-0.39, 0.29) is 11.7 Å². The van der Waals surface area contributed by atoms with Crippen LogP contribution in [0.15, 0.2) is 24.3 Å². The van der Waals surface area contributed by atoms with Gasteiger partial charge in [-0.1, -0.05) is 37.8 Å². The van der Waals surface area contributed by atoms with Crippen molar-refractivity contribution in [2.24, 2.45) is 5.92 Å². The fraction of sp³-hybridized carbons (Fsp3) is 0.529. The second-order valence-corrected chi connectivity index (χ2v) is 5.92. The Labute approximate surface area is 135 Å². The molecule has 0 radical (unpaired) electrons. The van der Waals surface area contributed by atoms with Crippen LogP contribution >= 0.6 is 0 Å². The summed E-state index contributed by atoms with van der Waals surface area (Å²) in [4.78, 5) is 23.6. The summed E-state index contributed by atoms with van der Waals surface area (Å²) in [6.45, 7) is 1.49. The van der Waals surface area contributed by atoms with Crippen LogP contribution in [0.4, 0.5) is 4.39 Å². The highest BCUT2D eigenvalue weighted by atomic mass is 19.1. The van der Waals surface area contributed by atoms with E-state index < -0.39 is 17.8 Å². The van der Waals surface area contributed by atoms with Crippen molar-refractivity contribution in [2.45, 2.75) is 51.6 Å². The van der Waals surface area contributed by atoms with Gasteiger partial charge in [-0.25, -0.2) is 4.39 Å². The molecule has 0 unspecified atom stereocenters. The van der Waals surface area contributed by atoms with Gasteiger partial charge in [0.15, 0.2) is 17.7 Å². The lowest BCUT2D eigenvalue weighted by molar-refractivity contribution is -0.132. The Bertz CT molecular complexity index is 544. The van der Waals surface area contributed by atoms with Gasteiger partial charge < -0.3 is 4.74 Å². The predicted octanol–water partition coefficient (Wildman–Crippen LogP) is 2.71. The first-order chi connectivity index (χ1) is 11.1. The third kappa shape index (κ3) is 5.54. The van der Waals surface area contributed by atoms with Gasteiger partial charge in [0, 0.05) is 6.42 Å². The number of hydrogen-bond donors (Lipinski definition) is 2. The Kier molecular flexibility index (Phi) is 6.38. The number of amides is 2. The van der Waals surface area contributed by atoms with Crippen molar-refractivity contribution >= 4 is 11.8 Å². The fourth-order valence-corrected chi connectivity index (χ4v) is 2.71. The molecule has 0 aliphatic heterocycles. The zero-order chi connectivity index (χ0) is 16.7. The minimum Gasteiger partial charge on any atom is -0.478 e. The first-order valence-corrected chi connectivity index (χ1v) is 8.06. The van der Waals surface area contributed by atoms with Crippen molar-refractivity contribution in [3.8, 4) is 5.75 Å². The molecule has 5 nitrogen and oxygen atoms in total. The van der Waals surface area contributed by atoms with Gasteiger partial charge in [0.25, 0.3) is 5.91 Å². The number of halogens is 1. The lowest BCUT2D eigenvalue weighted by Gasteiger charge is -2.15. The van der Waals surface area contributed by atoms with Crippen LogP contribution in [0.3, 0.4) is 0 Å². The number of ether oxygens (including phenoxy) is 1. The molecule has 0 spiro atoms. The van der Waals surface area contributed by atoms with E-state index in [4.69, 9.17) is 4.74 Å². The maximum Gasteiger partial charge on any atom is 0.279 e. The topological polar surface area (TPSA) is 67.4 Å². The van der Waals surface area contributed by atoms with E-state index in [0.29, 0.717) is 12.3 Å². The summed E-state index contributed by atoms with van der Waals surface area (Å²) in [7, 11) is 0. The lowest BCUT2D eigenvalue weighted by atomic mass is 10.0. The molecule has 0 saturated heterocycles. The number of rotatable bonds is 6. The average molecular weight is 322 g/mol. The van der Waals surface area contributed by atoms with Crippen LogP contribution in [-0.4, -0.2) is 17.9 Å². The van der Waals surface area contributed by atoms with Crippen molar-refractivity contribution in [1.82, 2.24) is 10.9 Å². The van der Waals surface area contributed by atoms with Gasteiger partial charge in [-0.05, 0) is 31.4 Å². The highest BCUT2D eigenvalue weighted by molar-refractivity contribution is 5.84. The second-order valence-electron chi connectivity index (χ2n) is 5.92. The number of benzene rings is 1. The summed E-state index contributed by atoms with van der Waals surface area (Å²) in [6.07, 6.45) is 5.19. The summed E-state index contributed by atoms with van der Waals surface area (Å²) in [6, 6.07) is 5.86. The van der Waals surface area contributed by atoms with Crippen LogP contribution in [-0.2, 0) is 9.59 Å². The fourth-order valence-electron chi connectivity index (χ4n) is 2.71. The number of hydrazine groups is 1. The van der Waals surface area contributed by atoms with Crippen molar-refractivity contribution in [3.63, 3.8) is 0 Å². The van der Waals surface area contributed by atoms with Crippen LogP contribution in [0.5, 0.6) is 5.75 Å². The molecular weight excluding hydrogens is 299 g/mol. The monoisotopic (exact) mass is 322 g/mol. The highest BCUT2D eigenvalue weighted by Crippen LogP contribution is 2.28. The second kappa shape index (κ2) is 8.50. The van der Waals surface area contributed by atoms with Crippen molar-refractivity contribution < 1.29 is 18.7 Å². The molecule has 1 aromatic carbocycles. The van der Waals surface area contributed by atoms with Crippen molar-refractivity contribution in [2.75, 3.05) is 0 Å². The van der Waals surface area contributed by atoms with Gasteiger partial charge in [-0.15, -0.1) is 0 Å². The summed E-state index contributed by atoms with van der Waals surface area (Å²) >= 11 is 0. The van der Waals surface area contributed by atoms with Gasteiger partial charge in [0.2, 0.25) is 5.91 Å². The van der Waals surface area contributed by atoms with Crippen LogP contribution in [0, 0.1) is 11.7 Å². The molecule has 1 fully saturated rings. The molecule has 1 aliphatic carbocycles. The largest absolute Gasteiger partial charge is 0.478 e. The summed E-state index contributed by atoms with van der Waals surface area (Å²) in [5.74, 6) is -0.652. The zero-order valence-corrected chi connectivity index (χ0v) is 13.3. The Morgan fingerprint density at radius 2 is 1.96 bits per heavy atom. The number of carbonyl (C=O) groups excluding carboxylic acids is 2. The molecule has 0 aromatic heterocycles. The minimum absolute atomic E-state index is 0.00251. The molecule has 2 rings (SSSR count). The van der Waals surface area contributed by atoms with Crippen molar-refractivity contribution in [1.29, 1.82) is 0 Å².